The van der Waals surface area contributed by atoms with E-state index in [1.54, 1.807) is 11.3 Å². The van der Waals surface area contributed by atoms with Gasteiger partial charge < -0.3 is 5.32 Å². The first-order chi connectivity index (χ1) is 5.83. The summed E-state index contributed by atoms with van der Waals surface area (Å²) < 4.78 is 0.841. The average molecular weight is 200 g/mol. The normalized spacial score (nSPS) is 9.17. The van der Waals surface area contributed by atoms with Gasteiger partial charge in [-0.1, -0.05) is 17.5 Å². The lowest BCUT2D eigenvalue weighted by Crippen LogP contribution is -2.12. The van der Waals surface area contributed by atoms with E-state index < -0.39 is 0 Å². The monoisotopic (exact) mass is 199 g/mol. The molecule has 0 atom stereocenters. The van der Waals surface area contributed by atoms with Crippen molar-refractivity contribution in [1.82, 2.24) is 5.32 Å². The van der Waals surface area contributed by atoms with E-state index in [2.05, 4.69) is 22.5 Å². The van der Waals surface area contributed by atoms with E-state index in [1.165, 1.54) is 5.56 Å². The van der Waals surface area contributed by atoms with Crippen molar-refractivity contribution in [3.8, 4) is 11.8 Å². The lowest BCUT2D eigenvalue weighted by molar-refractivity contribution is 0.772. The fraction of sp³-hybridized carbons (Fsp3) is 0.333. The highest BCUT2D eigenvalue weighted by Gasteiger charge is 1.94. The molecule has 1 N–H and O–H groups in total. The summed E-state index contributed by atoms with van der Waals surface area (Å²) in [5.74, 6) is 5.76. The van der Waals surface area contributed by atoms with Gasteiger partial charge in [-0.2, -0.15) is 0 Å². The zero-order valence-corrected chi connectivity index (χ0v) is 8.43. The van der Waals surface area contributed by atoms with Crippen LogP contribution in [0.15, 0.2) is 11.4 Å². The minimum Gasteiger partial charge on any atom is -0.302 e. The molecule has 0 bridgehead atoms. The topological polar surface area (TPSA) is 12.0 Å². The van der Waals surface area contributed by atoms with Gasteiger partial charge in [0.2, 0.25) is 0 Å². The number of rotatable bonds is 3. The quantitative estimate of drug-likeness (QED) is 0.583. The largest absolute Gasteiger partial charge is 0.302 e. The Balaban J connectivity index is 2.27. The highest BCUT2D eigenvalue weighted by atomic mass is 35.5. The van der Waals surface area contributed by atoms with Crippen molar-refractivity contribution in [2.24, 2.45) is 0 Å². The molecule has 0 saturated carbocycles. The van der Waals surface area contributed by atoms with Crippen LogP contribution < -0.4 is 5.32 Å². The van der Waals surface area contributed by atoms with E-state index in [0.29, 0.717) is 0 Å². The molecule has 0 unspecified atom stereocenters. The first kappa shape index (κ1) is 9.60. The molecule has 3 heteroatoms. The molecule has 0 amide bonds. The summed E-state index contributed by atoms with van der Waals surface area (Å²) in [5, 5.41) is 5.24. The van der Waals surface area contributed by atoms with Crippen LogP contribution in [-0.4, -0.2) is 6.54 Å². The van der Waals surface area contributed by atoms with Gasteiger partial charge in [-0.15, -0.1) is 17.3 Å². The maximum absolute atomic E-state index is 5.76. The van der Waals surface area contributed by atoms with Crippen LogP contribution in [-0.2, 0) is 6.54 Å². The average Bonchev–Trinajstić information content (AvgIpc) is 2.45. The van der Waals surface area contributed by atoms with Crippen LogP contribution in [0.5, 0.6) is 0 Å². The number of hydrogen-bond donors (Lipinski definition) is 1. The Labute approximate surface area is 81.7 Å². The smallest absolute Gasteiger partial charge is 0.0931 e. The third-order valence-corrected chi connectivity index (χ3v) is 2.48. The molecular weight excluding hydrogens is 190 g/mol. The van der Waals surface area contributed by atoms with Crippen molar-refractivity contribution in [2.75, 3.05) is 6.54 Å². The number of halogens is 1. The van der Waals surface area contributed by atoms with Crippen LogP contribution in [0.1, 0.15) is 12.5 Å². The minimum absolute atomic E-state index is 0.740. The molecule has 1 aromatic rings. The Morgan fingerprint density at radius 2 is 2.50 bits per heavy atom. The van der Waals surface area contributed by atoms with Crippen LogP contribution >= 0.6 is 22.9 Å². The van der Waals surface area contributed by atoms with Gasteiger partial charge in [-0.05, 0) is 23.9 Å². The Morgan fingerprint density at radius 1 is 1.67 bits per heavy atom. The van der Waals surface area contributed by atoms with E-state index in [4.69, 9.17) is 11.6 Å². The zero-order chi connectivity index (χ0) is 8.81. The van der Waals surface area contributed by atoms with Gasteiger partial charge in [-0.3, -0.25) is 0 Å². The molecule has 0 aliphatic carbocycles. The van der Waals surface area contributed by atoms with Gasteiger partial charge in [0.05, 0.1) is 10.9 Å². The highest BCUT2D eigenvalue weighted by molar-refractivity contribution is 7.14. The van der Waals surface area contributed by atoms with Gasteiger partial charge in [-0.25, -0.2) is 0 Å². The second-order valence-electron chi connectivity index (χ2n) is 2.29. The molecule has 64 valence electrons. The molecule has 12 heavy (non-hydrogen) atoms. The van der Waals surface area contributed by atoms with Gasteiger partial charge in [0.1, 0.15) is 0 Å². The summed E-state index contributed by atoms with van der Waals surface area (Å²) in [7, 11) is 0. The highest BCUT2D eigenvalue weighted by Crippen LogP contribution is 2.19. The van der Waals surface area contributed by atoms with Crippen molar-refractivity contribution < 1.29 is 0 Å². The Morgan fingerprint density at radius 3 is 3.08 bits per heavy atom. The summed E-state index contributed by atoms with van der Waals surface area (Å²) in [6.45, 7) is 3.42. The second-order valence-corrected chi connectivity index (χ2v) is 3.83. The van der Waals surface area contributed by atoms with Crippen LogP contribution in [0.25, 0.3) is 0 Å². The molecule has 1 nitrogen and oxygen atoms in total. The van der Waals surface area contributed by atoms with Crippen molar-refractivity contribution in [1.29, 1.82) is 0 Å². The van der Waals surface area contributed by atoms with Crippen LogP contribution in [0.2, 0.25) is 4.34 Å². The van der Waals surface area contributed by atoms with Crippen LogP contribution in [0.4, 0.5) is 0 Å². The van der Waals surface area contributed by atoms with E-state index >= 15 is 0 Å². The third kappa shape index (κ3) is 3.27. The van der Waals surface area contributed by atoms with Crippen molar-refractivity contribution in [2.45, 2.75) is 13.5 Å². The summed E-state index contributed by atoms with van der Waals surface area (Å²) in [5.41, 5.74) is 1.22. The van der Waals surface area contributed by atoms with Gasteiger partial charge in [0.25, 0.3) is 0 Å². The predicted octanol–water partition coefficient (Wildman–Crippen LogP) is 2.51. The van der Waals surface area contributed by atoms with Crippen molar-refractivity contribution in [3.63, 3.8) is 0 Å². The number of thiophene rings is 1. The lowest BCUT2D eigenvalue weighted by Gasteiger charge is -1.95. The fourth-order valence-electron chi connectivity index (χ4n) is 0.796. The fourth-order valence-corrected chi connectivity index (χ4v) is 1.70. The van der Waals surface area contributed by atoms with Crippen LogP contribution in [0, 0.1) is 11.8 Å². The lowest BCUT2D eigenvalue weighted by atomic mass is 10.3. The molecule has 0 aromatic carbocycles. The molecule has 1 heterocycles. The molecule has 0 aliphatic heterocycles. The molecule has 1 aromatic heterocycles. The maximum atomic E-state index is 5.76. The molecule has 0 saturated heterocycles. The van der Waals surface area contributed by atoms with Gasteiger partial charge in [0, 0.05) is 6.54 Å². The summed E-state index contributed by atoms with van der Waals surface area (Å²) in [6, 6.07) is 1.97. The molecule has 0 aliphatic rings. The SMILES string of the molecule is CC#CCNCc1csc(Cl)c1. The molecule has 0 spiro atoms. The Hall–Kier alpha value is -0.490. The summed E-state index contributed by atoms with van der Waals surface area (Å²) in [4.78, 5) is 0. The minimum atomic E-state index is 0.740. The summed E-state index contributed by atoms with van der Waals surface area (Å²) in [6.07, 6.45) is 0. The van der Waals surface area contributed by atoms with Gasteiger partial charge >= 0.3 is 0 Å². The Kier molecular flexibility index (Phi) is 4.16. The Bertz CT molecular complexity index is 295. The summed E-state index contributed by atoms with van der Waals surface area (Å²) >= 11 is 7.32. The first-order valence-electron chi connectivity index (χ1n) is 3.66. The molecule has 1 rings (SSSR count). The second kappa shape index (κ2) is 5.21. The third-order valence-electron chi connectivity index (χ3n) is 1.34. The predicted molar refractivity (Wildman–Crippen MR) is 54.5 cm³/mol. The molecule has 0 radical (unpaired) electrons. The maximum Gasteiger partial charge on any atom is 0.0931 e. The van der Waals surface area contributed by atoms with E-state index in [0.717, 1.165) is 17.4 Å². The number of nitrogens with one attached hydrogen (secondary N) is 1. The zero-order valence-electron chi connectivity index (χ0n) is 6.86. The van der Waals surface area contributed by atoms with Crippen molar-refractivity contribution >= 4 is 22.9 Å². The van der Waals surface area contributed by atoms with Gasteiger partial charge in [0.15, 0.2) is 0 Å². The van der Waals surface area contributed by atoms with E-state index in [9.17, 15) is 0 Å². The first-order valence-corrected chi connectivity index (χ1v) is 4.92. The molecule has 0 fully saturated rings. The van der Waals surface area contributed by atoms with E-state index in [-0.39, 0.29) is 0 Å². The standard InChI is InChI=1S/C9H10ClNS/c1-2-3-4-11-6-8-5-9(10)12-7-8/h5,7,11H,4,6H2,1H3. The van der Waals surface area contributed by atoms with E-state index in [1.807, 2.05) is 13.0 Å². The molecular formula is C9H10ClNS. The van der Waals surface area contributed by atoms with Crippen molar-refractivity contribution in [3.05, 3.63) is 21.3 Å². The van der Waals surface area contributed by atoms with Crippen LogP contribution in [0.3, 0.4) is 0 Å². The number of hydrogen-bond acceptors (Lipinski definition) is 2.